The number of H-pyrrole nitrogens is 1. The normalized spacial score (nSPS) is 10.9. The highest BCUT2D eigenvalue weighted by Gasteiger charge is 2.16. The van der Waals surface area contributed by atoms with E-state index in [0.29, 0.717) is 18.1 Å². The third-order valence-electron chi connectivity index (χ3n) is 3.29. The number of carbonyl (C=O) groups excluding carboxylic acids is 1. The summed E-state index contributed by atoms with van der Waals surface area (Å²) in [6, 6.07) is 1.58. The zero-order valence-electron chi connectivity index (χ0n) is 12.1. The van der Waals surface area contributed by atoms with Crippen molar-refractivity contribution in [2.24, 2.45) is 0 Å². The van der Waals surface area contributed by atoms with Crippen molar-refractivity contribution in [3.05, 3.63) is 11.8 Å². The lowest BCUT2D eigenvalue weighted by molar-refractivity contribution is 0.0751. The van der Waals surface area contributed by atoms with Crippen molar-refractivity contribution in [2.75, 3.05) is 38.5 Å². The van der Waals surface area contributed by atoms with E-state index in [4.69, 9.17) is 5.73 Å². The molecule has 6 nitrogen and oxygen atoms in total. The molecule has 0 aliphatic heterocycles. The molecule has 108 valence electrons. The number of nitrogen functional groups attached to an aromatic ring is 1. The molecule has 0 saturated heterocycles. The van der Waals surface area contributed by atoms with Crippen LogP contribution < -0.4 is 5.73 Å². The first-order valence-corrected chi connectivity index (χ1v) is 6.94. The fourth-order valence-electron chi connectivity index (χ4n) is 2.05. The molecule has 0 unspecified atom stereocenters. The highest BCUT2D eigenvalue weighted by molar-refractivity contribution is 5.92. The molecule has 1 heterocycles. The van der Waals surface area contributed by atoms with Crippen molar-refractivity contribution < 1.29 is 4.79 Å². The summed E-state index contributed by atoms with van der Waals surface area (Å²) in [5.74, 6) is 0.314. The van der Waals surface area contributed by atoms with Gasteiger partial charge in [0.25, 0.3) is 5.91 Å². The van der Waals surface area contributed by atoms with Crippen LogP contribution in [0.15, 0.2) is 6.07 Å². The zero-order valence-corrected chi connectivity index (χ0v) is 12.1. The van der Waals surface area contributed by atoms with Crippen LogP contribution in [0.1, 0.15) is 37.7 Å². The molecule has 0 aliphatic rings. The van der Waals surface area contributed by atoms with Crippen LogP contribution in [0.3, 0.4) is 0 Å². The van der Waals surface area contributed by atoms with E-state index in [2.05, 4.69) is 28.9 Å². The number of amides is 1. The Bertz CT molecular complexity index is 386. The maximum absolute atomic E-state index is 12.2. The first-order chi connectivity index (χ1) is 9.12. The van der Waals surface area contributed by atoms with Gasteiger partial charge in [-0.2, -0.15) is 5.10 Å². The average Bonchev–Trinajstić information content (AvgIpc) is 2.85. The zero-order chi connectivity index (χ0) is 14.3. The van der Waals surface area contributed by atoms with Gasteiger partial charge >= 0.3 is 0 Å². The second kappa shape index (κ2) is 7.78. The van der Waals surface area contributed by atoms with Crippen LogP contribution in [-0.2, 0) is 0 Å². The van der Waals surface area contributed by atoms with Gasteiger partial charge in [-0.1, -0.05) is 13.8 Å². The van der Waals surface area contributed by atoms with E-state index in [1.165, 1.54) is 0 Å². The minimum absolute atomic E-state index is 0.0359. The number of anilines is 1. The van der Waals surface area contributed by atoms with E-state index in [1.807, 2.05) is 11.8 Å². The Balaban J connectivity index is 2.47. The monoisotopic (exact) mass is 267 g/mol. The third kappa shape index (κ3) is 4.55. The van der Waals surface area contributed by atoms with Crippen LogP contribution >= 0.6 is 0 Å². The minimum Gasteiger partial charge on any atom is -0.382 e. The van der Waals surface area contributed by atoms with Crippen LogP contribution in [0.2, 0.25) is 0 Å². The molecule has 0 fully saturated rings. The van der Waals surface area contributed by atoms with Crippen molar-refractivity contribution in [1.29, 1.82) is 0 Å². The van der Waals surface area contributed by atoms with E-state index < -0.39 is 0 Å². The molecule has 0 atom stereocenters. The number of aromatic amines is 1. The fraction of sp³-hybridized carbons (Fsp3) is 0.692. The van der Waals surface area contributed by atoms with E-state index in [0.717, 1.165) is 32.6 Å². The van der Waals surface area contributed by atoms with E-state index >= 15 is 0 Å². The molecule has 0 radical (unpaired) electrons. The maximum Gasteiger partial charge on any atom is 0.271 e. The number of rotatable bonds is 8. The van der Waals surface area contributed by atoms with Crippen LogP contribution in [0.25, 0.3) is 0 Å². The fourth-order valence-corrected chi connectivity index (χ4v) is 2.05. The summed E-state index contributed by atoms with van der Waals surface area (Å²) >= 11 is 0. The standard InChI is InChI=1S/C13H25N5O/c1-4-17(5-2)8-7-9-18(6-3)13(19)11-10-12(14)16-15-11/h10H,4-9H2,1-3H3,(H3,14,15,16). The van der Waals surface area contributed by atoms with Crippen LogP contribution in [-0.4, -0.2) is 58.6 Å². The van der Waals surface area contributed by atoms with Gasteiger partial charge in [-0.05, 0) is 33.0 Å². The third-order valence-corrected chi connectivity index (χ3v) is 3.29. The number of nitrogens with one attached hydrogen (secondary N) is 1. The van der Waals surface area contributed by atoms with Crippen molar-refractivity contribution in [2.45, 2.75) is 27.2 Å². The summed E-state index contributed by atoms with van der Waals surface area (Å²) < 4.78 is 0. The summed E-state index contributed by atoms with van der Waals surface area (Å²) in [6.45, 7) is 10.8. The van der Waals surface area contributed by atoms with Gasteiger partial charge in [0.1, 0.15) is 11.5 Å². The second-order valence-electron chi connectivity index (χ2n) is 4.47. The lowest BCUT2D eigenvalue weighted by Gasteiger charge is -2.23. The molecule has 0 bridgehead atoms. The molecular weight excluding hydrogens is 242 g/mol. The molecule has 1 amide bonds. The Hall–Kier alpha value is -1.56. The summed E-state index contributed by atoms with van der Waals surface area (Å²) in [6.07, 6.45) is 0.977. The molecule has 6 heteroatoms. The highest BCUT2D eigenvalue weighted by Crippen LogP contribution is 2.06. The van der Waals surface area contributed by atoms with Crippen LogP contribution in [0, 0.1) is 0 Å². The lowest BCUT2D eigenvalue weighted by atomic mass is 10.3. The van der Waals surface area contributed by atoms with Crippen molar-refractivity contribution in [3.8, 4) is 0 Å². The molecule has 1 rings (SSSR count). The Morgan fingerprint density at radius 2 is 1.95 bits per heavy atom. The lowest BCUT2D eigenvalue weighted by Crippen LogP contribution is -2.34. The maximum atomic E-state index is 12.2. The molecule has 0 spiro atoms. The number of aromatic nitrogens is 2. The average molecular weight is 267 g/mol. The minimum atomic E-state index is -0.0359. The van der Waals surface area contributed by atoms with Crippen LogP contribution in [0.5, 0.6) is 0 Å². The molecule has 0 saturated carbocycles. The first-order valence-electron chi connectivity index (χ1n) is 6.94. The van der Waals surface area contributed by atoms with Crippen molar-refractivity contribution >= 4 is 11.7 Å². The highest BCUT2D eigenvalue weighted by atomic mass is 16.2. The summed E-state index contributed by atoms with van der Waals surface area (Å²) in [4.78, 5) is 16.4. The molecule has 19 heavy (non-hydrogen) atoms. The quantitative estimate of drug-likeness (QED) is 0.741. The molecule has 3 N–H and O–H groups in total. The Labute approximate surface area is 114 Å². The second-order valence-corrected chi connectivity index (χ2v) is 4.47. The van der Waals surface area contributed by atoms with E-state index in [1.54, 1.807) is 6.07 Å². The number of nitrogens with two attached hydrogens (primary N) is 1. The van der Waals surface area contributed by atoms with Gasteiger partial charge in [0.05, 0.1) is 0 Å². The summed E-state index contributed by atoms with van der Waals surface area (Å²) in [5, 5.41) is 6.45. The first kappa shape index (κ1) is 15.5. The summed E-state index contributed by atoms with van der Waals surface area (Å²) in [7, 11) is 0. The molecule has 0 aromatic carbocycles. The van der Waals surface area contributed by atoms with E-state index in [9.17, 15) is 4.79 Å². The number of nitrogens with zero attached hydrogens (tertiary/aromatic N) is 3. The molecule has 0 aliphatic carbocycles. The largest absolute Gasteiger partial charge is 0.382 e. The molecule has 1 aromatic heterocycles. The van der Waals surface area contributed by atoms with Crippen molar-refractivity contribution in [3.63, 3.8) is 0 Å². The smallest absolute Gasteiger partial charge is 0.271 e. The van der Waals surface area contributed by atoms with Gasteiger partial charge in [-0.15, -0.1) is 0 Å². The molecule has 1 aromatic rings. The number of carbonyl (C=O) groups is 1. The van der Waals surface area contributed by atoms with Gasteiger partial charge in [0, 0.05) is 19.2 Å². The van der Waals surface area contributed by atoms with Gasteiger partial charge < -0.3 is 15.5 Å². The molecular formula is C13H25N5O. The number of hydrogen-bond donors (Lipinski definition) is 2. The number of hydrogen-bond acceptors (Lipinski definition) is 4. The van der Waals surface area contributed by atoms with Gasteiger partial charge in [-0.3, -0.25) is 9.89 Å². The topological polar surface area (TPSA) is 78.2 Å². The summed E-state index contributed by atoms with van der Waals surface area (Å²) in [5.41, 5.74) is 5.97. The van der Waals surface area contributed by atoms with Crippen molar-refractivity contribution in [1.82, 2.24) is 20.0 Å². The van der Waals surface area contributed by atoms with Gasteiger partial charge in [0.2, 0.25) is 0 Å². The van der Waals surface area contributed by atoms with Gasteiger partial charge in [0.15, 0.2) is 0 Å². The Kier molecular flexibility index (Phi) is 6.35. The Morgan fingerprint density at radius 1 is 1.26 bits per heavy atom. The van der Waals surface area contributed by atoms with E-state index in [-0.39, 0.29) is 5.91 Å². The SMILES string of the molecule is CCN(CC)CCCN(CC)C(=O)c1cc(N)n[nH]1. The Morgan fingerprint density at radius 3 is 2.42 bits per heavy atom. The predicted molar refractivity (Wildman–Crippen MR) is 77.0 cm³/mol. The predicted octanol–water partition coefficient (Wildman–Crippen LogP) is 1.19. The van der Waals surface area contributed by atoms with Gasteiger partial charge in [-0.25, -0.2) is 0 Å². The van der Waals surface area contributed by atoms with Crippen LogP contribution in [0.4, 0.5) is 5.82 Å².